The van der Waals surface area contributed by atoms with E-state index >= 15 is 0 Å². The fourth-order valence-electron chi connectivity index (χ4n) is 1.73. The second-order valence-corrected chi connectivity index (χ2v) is 4.15. The minimum atomic E-state index is 0.746. The number of allylic oxidation sites excluding steroid dienone is 2. The fourth-order valence-corrected chi connectivity index (χ4v) is 2.10. The van der Waals surface area contributed by atoms with Gasteiger partial charge in [0.15, 0.2) is 5.75 Å². The summed E-state index contributed by atoms with van der Waals surface area (Å²) in [4.78, 5) is 5.71. The zero-order chi connectivity index (χ0) is 12.4. The van der Waals surface area contributed by atoms with Crippen LogP contribution in [0.2, 0.25) is 0 Å². The Kier molecular flexibility index (Phi) is 3.45. The predicted molar refractivity (Wildman–Crippen MR) is 67.4 cm³/mol. The van der Waals surface area contributed by atoms with Crippen molar-refractivity contribution in [3.05, 3.63) is 41.7 Å². The first-order valence-electron chi connectivity index (χ1n) is 5.57. The van der Waals surface area contributed by atoms with Crippen molar-refractivity contribution in [3.8, 4) is 5.75 Å². The Morgan fingerprint density at radius 2 is 1.88 bits per heavy atom. The molecule has 5 heteroatoms. The standard InChI is InChI=1S/C12H16ClN3O/c1-4-12-10(2)14(3)16(15(12)13)17-11-8-6-5-7-9-11/h5-9H,4H2,1-3H3. The van der Waals surface area contributed by atoms with Gasteiger partial charge in [0.25, 0.3) is 0 Å². The van der Waals surface area contributed by atoms with Crippen molar-refractivity contribution in [1.29, 1.82) is 0 Å². The van der Waals surface area contributed by atoms with Gasteiger partial charge in [0.1, 0.15) is 0 Å². The van der Waals surface area contributed by atoms with Crippen molar-refractivity contribution < 1.29 is 4.84 Å². The summed E-state index contributed by atoms with van der Waals surface area (Å²) in [7, 11) is 1.91. The predicted octanol–water partition coefficient (Wildman–Crippen LogP) is 3.16. The highest BCUT2D eigenvalue weighted by atomic mass is 35.5. The summed E-state index contributed by atoms with van der Waals surface area (Å²) in [5.74, 6) is 0.746. The molecule has 0 N–H and O–H groups in total. The first-order valence-corrected chi connectivity index (χ1v) is 5.91. The fraction of sp³-hybridized carbons (Fsp3) is 0.333. The Morgan fingerprint density at radius 3 is 2.41 bits per heavy atom. The molecule has 0 atom stereocenters. The van der Waals surface area contributed by atoms with Crippen LogP contribution in [0.15, 0.2) is 41.7 Å². The molecule has 0 saturated heterocycles. The van der Waals surface area contributed by atoms with Gasteiger partial charge < -0.3 is 4.84 Å². The van der Waals surface area contributed by atoms with E-state index in [1.807, 2.05) is 49.3 Å². The molecule has 0 amide bonds. The zero-order valence-electron chi connectivity index (χ0n) is 10.2. The average Bonchev–Trinajstić information content (AvgIpc) is 2.55. The summed E-state index contributed by atoms with van der Waals surface area (Å²) < 4.78 is 1.50. The van der Waals surface area contributed by atoms with Gasteiger partial charge in [-0.2, -0.15) is 4.53 Å². The highest BCUT2D eigenvalue weighted by Crippen LogP contribution is 2.31. The minimum absolute atomic E-state index is 0.746. The van der Waals surface area contributed by atoms with Crippen molar-refractivity contribution in [2.24, 2.45) is 0 Å². The SMILES string of the molecule is CCC1=C(C)N(C)N(Oc2ccccc2)N1Cl. The molecular weight excluding hydrogens is 238 g/mol. The Morgan fingerprint density at radius 1 is 1.24 bits per heavy atom. The summed E-state index contributed by atoms with van der Waals surface area (Å²) in [6.07, 6.45) is 0.855. The molecule has 0 radical (unpaired) electrons. The Labute approximate surface area is 107 Å². The van der Waals surface area contributed by atoms with E-state index in [0.29, 0.717) is 0 Å². The highest BCUT2D eigenvalue weighted by molar-refractivity contribution is 6.14. The quantitative estimate of drug-likeness (QED) is 0.771. The molecular formula is C12H16ClN3O. The minimum Gasteiger partial charge on any atom is -0.366 e. The smallest absolute Gasteiger partial charge is 0.152 e. The van der Waals surface area contributed by atoms with Crippen LogP contribution in [0.5, 0.6) is 5.75 Å². The molecule has 0 saturated carbocycles. The van der Waals surface area contributed by atoms with E-state index in [1.165, 1.54) is 9.81 Å². The van der Waals surface area contributed by atoms with Crippen molar-refractivity contribution >= 4 is 11.8 Å². The van der Waals surface area contributed by atoms with Gasteiger partial charge in [-0.15, -0.1) is 0 Å². The third-order valence-electron chi connectivity index (χ3n) is 2.80. The number of nitrogens with zero attached hydrogens (tertiary/aromatic N) is 3. The van der Waals surface area contributed by atoms with Crippen LogP contribution in [-0.4, -0.2) is 21.9 Å². The molecule has 1 aliphatic heterocycles. The number of rotatable bonds is 3. The lowest BCUT2D eigenvalue weighted by Crippen LogP contribution is -2.42. The number of halogens is 1. The summed E-state index contributed by atoms with van der Waals surface area (Å²) in [6.45, 7) is 4.08. The number of hydrogen-bond acceptors (Lipinski definition) is 4. The molecule has 0 spiro atoms. The molecule has 1 aliphatic rings. The molecule has 0 fully saturated rings. The molecule has 0 aromatic heterocycles. The first-order chi connectivity index (χ1) is 8.15. The molecule has 1 aromatic rings. The maximum absolute atomic E-state index is 6.22. The number of para-hydroxylation sites is 1. The van der Waals surface area contributed by atoms with E-state index in [9.17, 15) is 0 Å². The Bertz CT molecular complexity index is 421. The van der Waals surface area contributed by atoms with E-state index in [1.54, 1.807) is 0 Å². The number of benzene rings is 1. The summed E-state index contributed by atoms with van der Waals surface area (Å²) >= 11 is 6.22. The number of hydrazine groups is 2. The maximum Gasteiger partial charge on any atom is 0.152 e. The lowest BCUT2D eigenvalue weighted by atomic mass is 10.3. The summed E-state index contributed by atoms with van der Waals surface area (Å²) in [6, 6.07) is 9.56. The van der Waals surface area contributed by atoms with Crippen molar-refractivity contribution in [2.45, 2.75) is 20.3 Å². The van der Waals surface area contributed by atoms with Gasteiger partial charge in [-0.3, -0.25) is 5.01 Å². The van der Waals surface area contributed by atoms with E-state index in [0.717, 1.165) is 23.6 Å². The molecule has 17 heavy (non-hydrogen) atoms. The molecule has 0 unspecified atom stereocenters. The van der Waals surface area contributed by atoms with Gasteiger partial charge in [-0.05, 0) is 25.5 Å². The van der Waals surface area contributed by atoms with Gasteiger partial charge in [0.2, 0.25) is 0 Å². The second-order valence-electron chi connectivity index (χ2n) is 3.83. The van der Waals surface area contributed by atoms with E-state index in [-0.39, 0.29) is 0 Å². The highest BCUT2D eigenvalue weighted by Gasteiger charge is 2.32. The molecule has 4 nitrogen and oxygen atoms in total. The van der Waals surface area contributed by atoms with Crippen LogP contribution < -0.4 is 4.84 Å². The Hall–Kier alpha value is -1.39. The van der Waals surface area contributed by atoms with Crippen LogP contribution in [0.1, 0.15) is 20.3 Å². The second kappa shape index (κ2) is 4.85. The van der Waals surface area contributed by atoms with Gasteiger partial charge >= 0.3 is 0 Å². The largest absolute Gasteiger partial charge is 0.366 e. The molecule has 0 aliphatic carbocycles. The third kappa shape index (κ3) is 2.18. The van der Waals surface area contributed by atoms with Crippen LogP contribution >= 0.6 is 11.8 Å². The van der Waals surface area contributed by atoms with Crippen molar-refractivity contribution in [1.82, 2.24) is 14.8 Å². The molecule has 2 rings (SSSR count). The van der Waals surface area contributed by atoms with Crippen LogP contribution in [0.25, 0.3) is 0 Å². The summed E-state index contributed by atoms with van der Waals surface area (Å²) in [5.41, 5.74) is 2.11. The van der Waals surface area contributed by atoms with Gasteiger partial charge in [-0.25, -0.2) is 0 Å². The topological polar surface area (TPSA) is 19.0 Å². The normalized spacial score (nSPS) is 16.9. The molecule has 0 bridgehead atoms. The first kappa shape index (κ1) is 12.1. The lowest BCUT2D eigenvalue weighted by Gasteiger charge is -2.28. The Balaban J connectivity index is 2.15. The van der Waals surface area contributed by atoms with Crippen LogP contribution in [0.3, 0.4) is 0 Å². The van der Waals surface area contributed by atoms with E-state index in [2.05, 4.69) is 6.92 Å². The molecule has 1 heterocycles. The molecule has 1 aromatic carbocycles. The third-order valence-corrected chi connectivity index (χ3v) is 3.13. The average molecular weight is 254 g/mol. The van der Waals surface area contributed by atoms with Crippen molar-refractivity contribution in [2.75, 3.05) is 7.05 Å². The molecule has 92 valence electrons. The van der Waals surface area contributed by atoms with E-state index < -0.39 is 0 Å². The van der Waals surface area contributed by atoms with Crippen LogP contribution in [-0.2, 0) is 0 Å². The van der Waals surface area contributed by atoms with Gasteiger partial charge in [-0.1, -0.05) is 25.1 Å². The lowest BCUT2D eigenvalue weighted by molar-refractivity contribution is -0.259. The zero-order valence-corrected chi connectivity index (χ0v) is 11.0. The van der Waals surface area contributed by atoms with E-state index in [4.69, 9.17) is 16.6 Å². The van der Waals surface area contributed by atoms with Gasteiger partial charge in [0, 0.05) is 18.8 Å². The van der Waals surface area contributed by atoms with Crippen molar-refractivity contribution in [3.63, 3.8) is 0 Å². The maximum atomic E-state index is 6.22. The van der Waals surface area contributed by atoms with Crippen LogP contribution in [0.4, 0.5) is 0 Å². The van der Waals surface area contributed by atoms with Gasteiger partial charge in [0.05, 0.1) is 16.7 Å². The van der Waals surface area contributed by atoms with Crippen LogP contribution in [0, 0.1) is 0 Å². The number of hydrogen-bond donors (Lipinski definition) is 0. The summed E-state index contributed by atoms with van der Waals surface area (Å²) in [5, 5.41) is 3.41. The monoisotopic (exact) mass is 253 g/mol.